The van der Waals surface area contributed by atoms with Crippen LogP contribution in [0.1, 0.15) is 50.7 Å². The molecule has 0 radical (unpaired) electrons. The zero-order valence-corrected chi connectivity index (χ0v) is 28.7. The van der Waals surface area contributed by atoms with Crippen molar-refractivity contribution in [2.45, 2.75) is 46.0 Å². The van der Waals surface area contributed by atoms with Gasteiger partial charge in [0, 0.05) is 0 Å². The number of benzene rings is 4. The minimum atomic E-state index is -5.13. The second kappa shape index (κ2) is 11.9. The molecule has 4 aromatic rings. The van der Waals surface area contributed by atoms with E-state index in [1.807, 2.05) is 0 Å². The molecule has 0 aliphatic heterocycles. The molecule has 0 bridgehead atoms. The van der Waals surface area contributed by atoms with Crippen LogP contribution in [-0.2, 0) is 22.0 Å². The van der Waals surface area contributed by atoms with Crippen LogP contribution in [-0.4, -0.2) is 12.5 Å². The predicted molar refractivity (Wildman–Crippen MR) is 167 cm³/mol. The van der Waals surface area contributed by atoms with Crippen LogP contribution >= 0.6 is 17.2 Å². The normalized spacial score (nSPS) is 14.5. The summed E-state index contributed by atoms with van der Waals surface area (Å²) < 4.78 is 5.34. The fraction of sp³-hybridized carbons (Fsp3) is 0.273. The van der Waals surface area contributed by atoms with Crippen LogP contribution in [0, 0.1) is 5.92 Å². The minimum absolute atomic E-state index is 0.568. The monoisotopic (exact) mass is 726 g/mol. The van der Waals surface area contributed by atoms with E-state index in [1.165, 1.54) is 55.2 Å². The fourth-order valence-electron chi connectivity index (χ4n) is 6.28. The van der Waals surface area contributed by atoms with Gasteiger partial charge in [-0.15, -0.1) is 0 Å². The Morgan fingerprint density at radius 3 is 2.00 bits per heavy atom. The van der Waals surface area contributed by atoms with Crippen LogP contribution in [0.5, 0.6) is 0 Å². The molecule has 38 heavy (non-hydrogen) atoms. The third-order valence-electron chi connectivity index (χ3n) is 8.38. The molecule has 1 atom stereocenters. The van der Waals surface area contributed by atoms with Gasteiger partial charge in [-0.05, 0) is 0 Å². The molecular weight excluding hydrogens is 688 g/mol. The maximum absolute atomic E-state index is 8.35. The van der Waals surface area contributed by atoms with Gasteiger partial charge in [-0.2, -0.15) is 0 Å². The Hall–Kier alpha value is -1.49. The molecule has 0 saturated carbocycles. The van der Waals surface area contributed by atoms with E-state index in [2.05, 4.69) is 120 Å². The van der Waals surface area contributed by atoms with Crippen molar-refractivity contribution in [3.8, 4) is 11.1 Å². The van der Waals surface area contributed by atoms with E-state index < -0.39 is 21.6 Å². The van der Waals surface area contributed by atoms with E-state index in [9.17, 15) is 0 Å². The van der Waals surface area contributed by atoms with Gasteiger partial charge in [-0.1, -0.05) is 0 Å². The second-order valence-electron chi connectivity index (χ2n) is 10.8. The van der Waals surface area contributed by atoms with Gasteiger partial charge in [-0.25, -0.2) is 0 Å². The van der Waals surface area contributed by atoms with Crippen molar-refractivity contribution in [2.75, 3.05) is 6.54 Å². The van der Waals surface area contributed by atoms with E-state index in [4.69, 9.17) is 17.2 Å². The van der Waals surface area contributed by atoms with Crippen molar-refractivity contribution < 1.29 is 15.6 Å². The molecule has 5 rings (SSSR count). The third-order valence-corrected chi connectivity index (χ3v) is 58.4. The first-order chi connectivity index (χ1) is 18.4. The second-order valence-corrected chi connectivity index (χ2v) is 60.1. The van der Waals surface area contributed by atoms with Crippen molar-refractivity contribution in [1.29, 1.82) is 0 Å². The number of hydrogen-bond donors (Lipinski definition) is 1. The zero-order valence-electron chi connectivity index (χ0n) is 22.5. The number of fused-ring (bicyclic) bond motifs is 3. The molecule has 0 amide bonds. The number of rotatable bonds is 11. The molecular formula is C33H38Cl2HfNSi. The molecule has 0 fully saturated rings. The number of unbranched alkanes of at least 4 members (excludes halogenated alkanes) is 1. The molecule has 0 heterocycles. The molecule has 0 aromatic heterocycles. The molecule has 4 aromatic carbocycles. The summed E-state index contributed by atoms with van der Waals surface area (Å²) in [7, 11) is 16.7. The van der Waals surface area contributed by atoms with Gasteiger partial charge < -0.3 is 0 Å². The molecule has 197 valence electrons. The SMILES string of the molecule is CCCCC(CC)C[NH][Hf]([Cl])([Cl])([c]1cccc2c1Cc1ccccc1-2)[SiH](c1ccccc1)c1ccccc1. The van der Waals surface area contributed by atoms with Gasteiger partial charge in [0.25, 0.3) is 0 Å². The summed E-state index contributed by atoms with van der Waals surface area (Å²) in [5.74, 6) is -1.54. The summed E-state index contributed by atoms with van der Waals surface area (Å²) in [6, 6.07) is 37.3. The molecule has 1 aliphatic carbocycles. The number of halogens is 2. The Morgan fingerprint density at radius 1 is 0.763 bits per heavy atom. The Morgan fingerprint density at radius 2 is 1.37 bits per heavy atom. The van der Waals surface area contributed by atoms with E-state index in [1.54, 1.807) is 0 Å². The van der Waals surface area contributed by atoms with Crippen molar-refractivity contribution >= 4 is 36.8 Å². The molecule has 0 saturated heterocycles. The Bertz CT molecular complexity index is 1340. The topological polar surface area (TPSA) is 12.0 Å². The summed E-state index contributed by atoms with van der Waals surface area (Å²) >= 11 is -5.13. The Labute approximate surface area is 237 Å². The summed E-state index contributed by atoms with van der Waals surface area (Å²) in [6.45, 7) is 5.45. The maximum atomic E-state index is 8.35. The summed E-state index contributed by atoms with van der Waals surface area (Å²) in [4.78, 5) is 0. The van der Waals surface area contributed by atoms with Crippen molar-refractivity contribution in [1.82, 2.24) is 3.30 Å². The van der Waals surface area contributed by atoms with Gasteiger partial charge >= 0.3 is 240 Å². The summed E-state index contributed by atoms with van der Waals surface area (Å²) in [5, 5.41) is 2.64. The molecule has 5 heteroatoms. The predicted octanol–water partition coefficient (Wildman–Crippen LogP) is 7.14. The van der Waals surface area contributed by atoms with E-state index in [0.29, 0.717) is 5.92 Å². The molecule has 1 nitrogen and oxygen atoms in total. The van der Waals surface area contributed by atoms with Crippen molar-refractivity contribution in [2.24, 2.45) is 5.92 Å². The van der Waals surface area contributed by atoms with Crippen LogP contribution in [0.25, 0.3) is 11.1 Å². The van der Waals surface area contributed by atoms with Crippen LogP contribution < -0.4 is 17.0 Å². The first kappa shape index (κ1) is 28.1. The van der Waals surface area contributed by atoms with Gasteiger partial charge in [0.15, 0.2) is 0 Å². The number of nitrogens with one attached hydrogen (secondary N) is 1. The number of hydrogen-bond acceptors (Lipinski definition) is 1. The van der Waals surface area contributed by atoms with Gasteiger partial charge in [0.05, 0.1) is 0 Å². The van der Waals surface area contributed by atoms with E-state index in [-0.39, 0.29) is 0 Å². The van der Waals surface area contributed by atoms with E-state index in [0.717, 1.165) is 19.4 Å². The molecule has 1 N–H and O–H groups in total. The van der Waals surface area contributed by atoms with Crippen LogP contribution in [0.3, 0.4) is 0 Å². The average Bonchev–Trinajstić information content (AvgIpc) is 3.33. The standard InChI is InChI=1S/C13H9.C12H11Si.C8H18N.2ClH.Hf/c1-3-7-12-10(5-1)9-11-6-2-4-8-13(11)12;1-3-7-11(8-4-1)13-12-9-5-2-6-10-12;1-3-5-6-8(4-2)7-9;;;/h1-5,7-8H,9H2;1-10,13H;8-9H,3-7H2,1-2H3;2*1H;/q;;-1;;;+3/p-2. The molecule has 0 spiro atoms. The average molecular weight is 726 g/mol. The molecule has 1 aliphatic rings. The quantitative estimate of drug-likeness (QED) is 0.143. The van der Waals surface area contributed by atoms with Gasteiger partial charge in [0.1, 0.15) is 0 Å². The summed E-state index contributed by atoms with van der Waals surface area (Å²) in [5.41, 5.74) is 5.33. The van der Waals surface area contributed by atoms with Crippen molar-refractivity contribution in [3.05, 3.63) is 114 Å². The van der Waals surface area contributed by atoms with Crippen LogP contribution in [0.4, 0.5) is 0 Å². The first-order valence-electron chi connectivity index (χ1n) is 14.1. The van der Waals surface area contributed by atoms with Crippen molar-refractivity contribution in [3.63, 3.8) is 0 Å². The van der Waals surface area contributed by atoms with Crippen LogP contribution in [0.15, 0.2) is 103 Å². The van der Waals surface area contributed by atoms with Gasteiger partial charge in [-0.3, -0.25) is 0 Å². The zero-order chi connectivity index (χ0) is 26.6. The van der Waals surface area contributed by atoms with Crippen LogP contribution in [0.2, 0.25) is 0 Å². The Balaban J connectivity index is 1.72. The summed E-state index contributed by atoms with van der Waals surface area (Å²) in [6.07, 6.45) is 5.69. The third kappa shape index (κ3) is 5.42. The Kier molecular flexibility index (Phi) is 8.81. The van der Waals surface area contributed by atoms with E-state index >= 15 is 0 Å². The molecule has 1 unspecified atom stereocenters. The van der Waals surface area contributed by atoms with Gasteiger partial charge in [0.2, 0.25) is 0 Å². The fourth-order valence-corrected chi connectivity index (χ4v) is 58.9. The first-order valence-corrected chi connectivity index (χ1v) is 34.5.